The van der Waals surface area contributed by atoms with Crippen molar-refractivity contribution in [1.82, 2.24) is 0 Å². The quantitative estimate of drug-likeness (QED) is 0.153. The molecule has 0 saturated heterocycles. The first-order valence-corrected chi connectivity index (χ1v) is 27.0. The molecule has 0 amide bonds. The summed E-state index contributed by atoms with van der Waals surface area (Å²) < 4.78 is 2.62. The van der Waals surface area contributed by atoms with Crippen molar-refractivity contribution in [3.63, 3.8) is 0 Å². The second-order valence-electron chi connectivity index (χ2n) is 21.9. The SMILES string of the molecule is Cc1cc2c3c(c1)N(c1ccc(-c4ccc5sccc5c4)cc1-c1ccccc1)c1ccc(C(C)(C)C)cc1B3c1cc(C(C)(C)C)ccc1N2c1ccc(-c2ccc3sccc3c2)cc1-c1ccccc1. The van der Waals surface area contributed by atoms with Crippen molar-refractivity contribution in [1.29, 1.82) is 0 Å². The topological polar surface area (TPSA) is 6.48 Å². The molecule has 11 aromatic rings. The highest BCUT2D eigenvalue weighted by Crippen LogP contribution is 2.50. The lowest BCUT2D eigenvalue weighted by molar-refractivity contribution is 0.590. The number of benzene rings is 9. The molecule has 4 heterocycles. The zero-order chi connectivity index (χ0) is 49.0. The van der Waals surface area contributed by atoms with Crippen molar-refractivity contribution in [2.75, 3.05) is 9.80 Å². The molecule has 0 spiro atoms. The molecule has 13 rings (SSSR count). The van der Waals surface area contributed by atoms with Gasteiger partial charge in [0.25, 0.3) is 6.71 Å². The molecule has 72 heavy (non-hydrogen) atoms. The highest BCUT2D eigenvalue weighted by molar-refractivity contribution is 7.17. The normalized spacial score (nSPS) is 13.1. The monoisotopic (exact) mass is 962 g/mol. The summed E-state index contributed by atoms with van der Waals surface area (Å²) in [4.78, 5) is 5.22. The second kappa shape index (κ2) is 16.8. The first kappa shape index (κ1) is 44.5. The largest absolute Gasteiger partial charge is 0.311 e. The maximum Gasteiger partial charge on any atom is 0.252 e. The maximum absolute atomic E-state index is 2.61. The molecule has 0 N–H and O–H groups in total. The lowest BCUT2D eigenvalue weighted by Crippen LogP contribution is -2.61. The third-order valence-electron chi connectivity index (χ3n) is 15.2. The number of hydrogen-bond donors (Lipinski definition) is 0. The summed E-state index contributed by atoms with van der Waals surface area (Å²) in [5, 5.41) is 6.94. The molecule has 0 aliphatic carbocycles. The standard InChI is InChI=1S/C67H55BN2S2/c1-42-34-61-65-62(35-42)70(58-25-19-48(39-54(58)44-16-12-9-13-17-44)46-21-29-64-50(37-46)31-33-72-64)60-27-23-52(67(5,6)7)41-56(60)68(65)55-40-51(66(2,3)4)22-26-59(55)69(61)57-24-18-47(38-53(57)43-14-10-8-11-15-43)45-20-28-63-49(36-45)30-32-71-63/h8-41H,1-7H3. The van der Waals surface area contributed by atoms with E-state index < -0.39 is 0 Å². The van der Waals surface area contributed by atoms with Crippen LogP contribution in [0.25, 0.3) is 64.7 Å². The number of aryl methyl sites for hydroxylation is 1. The zero-order valence-corrected chi connectivity index (χ0v) is 43.6. The van der Waals surface area contributed by atoms with Crippen LogP contribution in [0.4, 0.5) is 34.1 Å². The van der Waals surface area contributed by atoms with Crippen LogP contribution < -0.4 is 26.2 Å². The fourth-order valence-electron chi connectivity index (χ4n) is 11.4. The molecule has 2 nitrogen and oxygen atoms in total. The van der Waals surface area contributed by atoms with Gasteiger partial charge in [0.15, 0.2) is 0 Å². The Hall–Kier alpha value is -7.44. The summed E-state index contributed by atoms with van der Waals surface area (Å²) in [5.74, 6) is 0. The molecule has 2 aliphatic rings. The van der Waals surface area contributed by atoms with E-state index >= 15 is 0 Å². The third kappa shape index (κ3) is 7.44. The molecule has 2 aromatic heterocycles. The molecule has 0 unspecified atom stereocenters. The van der Waals surface area contributed by atoms with Crippen LogP contribution in [0.3, 0.4) is 0 Å². The van der Waals surface area contributed by atoms with Crippen LogP contribution in [0.5, 0.6) is 0 Å². The van der Waals surface area contributed by atoms with E-state index in [-0.39, 0.29) is 17.5 Å². The van der Waals surface area contributed by atoms with Gasteiger partial charge >= 0.3 is 0 Å². The number of fused-ring (bicyclic) bond motifs is 6. The Kier molecular flexibility index (Phi) is 10.4. The number of anilines is 6. The number of rotatable bonds is 6. The van der Waals surface area contributed by atoms with Crippen molar-refractivity contribution in [3.8, 4) is 44.5 Å². The maximum atomic E-state index is 2.61. The third-order valence-corrected chi connectivity index (χ3v) is 17.0. The molecule has 348 valence electrons. The van der Waals surface area contributed by atoms with Crippen LogP contribution in [0.2, 0.25) is 0 Å². The minimum absolute atomic E-state index is 0.0220. The molecule has 2 aliphatic heterocycles. The molecule has 0 saturated carbocycles. The molecular formula is C67H55BN2S2. The minimum Gasteiger partial charge on any atom is -0.311 e. The fourth-order valence-corrected chi connectivity index (χ4v) is 12.9. The van der Waals surface area contributed by atoms with Gasteiger partial charge in [-0.05, 0) is 191 Å². The lowest BCUT2D eigenvalue weighted by Gasteiger charge is -2.45. The molecular weight excluding hydrogens is 908 g/mol. The highest BCUT2D eigenvalue weighted by atomic mass is 32.1. The van der Waals surface area contributed by atoms with E-state index in [0.29, 0.717) is 0 Å². The Labute approximate surface area is 432 Å². The van der Waals surface area contributed by atoms with Crippen molar-refractivity contribution in [2.24, 2.45) is 0 Å². The number of thiophene rings is 2. The van der Waals surface area contributed by atoms with Gasteiger partial charge in [0, 0.05) is 43.3 Å². The number of hydrogen-bond acceptors (Lipinski definition) is 4. The van der Waals surface area contributed by atoms with E-state index in [0.717, 1.165) is 11.4 Å². The summed E-state index contributed by atoms with van der Waals surface area (Å²) in [6.07, 6.45) is 0. The van der Waals surface area contributed by atoms with Crippen molar-refractivity contribution in [2.45, 2.75) is 59.3 Å². The van der Waals surface area contributed by atoms with Gasteiger partial charge in [-0.2, -0.15) is 0 Å². The molecule has 0 fully saturated rings. The first-order valence-electron chi connectivity index (χ1n) is 25.2. The number of nitrogens with zero attached hydrogens (tertiary/aromatic N) is 2. The molecule has 9 aromatic carbocycles. The summed E-state index contributed by atoms with van der Waals surface area (Å²) in [5.41, 5.74) is 24.6. The Balaban J connectivity index is 1.10. The van der Waals surface area contributed by atoms with Crippen LogP contribution in [0, 0.1) is 6.92 Å². The highest BCUT2D eigenvalue weighted by Gasteiger charge is 2.45. The van der Waals surface area contributed by atoms with Gasteiger partial charge in [0.05, 0.1) is 11.4 Å². The summed E-state index contributed by atoms with van der Waals surface area (Å²) in [7, 11) is 0. The van der Waals surface area contributed by atoms with E-state index in [4.69, 9.17) is 0 Å². The Morgan fingerprint density at radius 1 is 0.361 bits per heavy atom. The molecule has 0 atom stereocenters. The van der Waals surface area contributed by atoms with Crippen LogP contribution in [0.1, 0.15) is 58.2 Å². The van der Waals surface area contributed by atoms with Gasteiger partial charge in [-0.25, -0.2) is 0 Å². The molecule has 0 radical (unpaired) electrons. The van der Waals surface area contributed by atoms with Gasteiger partial charge in [-0.15, -0.1) is 22.7 Å². The fraction of sp³-hybridized carbons (Fsp3) is 0.134. The Morgan fingerprint density at radius 2 is 0.764 bits per heavy atom. The van der Waals surface area contributed by atoms with Gasteiger partial charge in [0.1, 0.15) is 0 Å². The van der Waals surface area contributed by atoms with E-state index in [1.54, 1.807) is 22.7 Å². The zero-order valence-electron chi connectivity index (χ0n) is 41.9. The van der Waals surface area contributed by atoms with E-state index in [1.807, 2.05) is 0 Å². The molecule has 5 heteroatoms. The van der Waals surface area contributed by atoms with Crippen LogP contribution in [-0.4, -0.2) is 6.71 Å². The Bertz CT molecular complexity index is 3670. The average molecular weight is 963 g/mol. The van der Waals surface area contributed by atoms with E-state index in [9.17, 15) is 0 Å². The molecule has 0 bridgehead atoms. The predicted octanol–water partition coefficient (Wildman–Crippen LogP) is 17.8. The smallest absolute Gasteiger partial charge is 0.252 e. The van der Waals surface area contributed by atoms with Gasteiger partial charge in [-0.1, -0.05) is 151 Å². The lowest BCUT2D eigenvalue weighted by atomic mass is 9.33. The van der Waals surface area contributed by atoms with Gasteiger partial charge < -0.3 is 9.80 Å². The van der Waals surface area contributed by atoms with Gasteiger partial charge in [-0.3, -0.25) is 0 Å². The first-order chi connectivity index (χ1) is 34.9. The Morgan fingerprint density at radius 3 is 1.19 bits per heavy atom. The van der Waals surface area contributed by atoms with E-state index in [2.05, 4.69) is 263 Å². The van der Waals surface area contributed by atoms with Crippen molar-refractivity contribution in [3.05, 3.63) is 222 Å². The van der Waals surface area contributed by atoms with Gasteiger partial charge in [0.2, 0.25) is 0 Å². The minimum atomic E-state index is -0.0618. The van der Waals surface area contributed by atoms with Crippen molar-refractivity contribution >= 4 is 100 Å². The predicted molar refractivity (Wildman–Crippen MR) is 315 cm³/mol. The average Bonchev–Trinajstić information content (AvgIpc) is 4.08. The summed E-state index contributed by atoms with van der Waals surface area (Å²) in [6.45, 7) is 16.3. The van der Waals surface area contributed by atoms with Crippen LogP contribution in [-0.2, 0) is 10.8 Å². The van der Waals surface area contributed by atoms with Crippen LogP contribution in [0.15, 0.2) is 205 Å². The van der Waals surface area contributed by atoms with Crippen LogP contribution >= 0.6 is 22.7 Å². The van der Waals surface area contributed by atoms with Crippen molar-refractivity contribution < 1.29 is 0 Å². The summed E-state index contributed by atoms with van der Waals surface area (Å²) >= 11 is 3.59. The second-order valence-corrected chi connectivity index (χ2v) is 23.8. The summed E-state index contributed by atoms with van der Waals surface area (Å²) in [6, 6.07) is 74.2. The van der Waals surface area contributed by atoms with E-state index in [1.165, 1.54) is 121 Å².